The van der Waals surface area contributed by atoms with Crippen LogP contribution in [0.5, 0.6) is 0 Å². The Morgan fingerprint density at radius 1 is 1.06 bits per heavy atom. The van der Waals surface area contributed by atoms with Crippen molar-refractivity contribution in [2.45, 2.75) is 71.0 Å². The van der Waals surface area contributed by atoms with Crippen molar-refractivity contribution in [2.75, 3.05) is 6.54 Å². The van der Waals surface area contributed by atoms with Crippen molar-refractivity contribution in [3.63, 3.8) is 0 Å². The van der Waals surface area contributed by atoms with E-state index in [2.05, 4.69) is 33.5 Å². The van der Waals surface area contributed by atoms with E-state index in [0.29, 0.717) is 25.1 Å². The highest BCUT2D eigenvalue weighted by atomic mass is 16.2. The summed E-state index contributed by atoms with van der Waals surface area (Å²) in [6, 6.07) is 18.6. The molecule has 0 spiro atoms. The molecular weight excluding hydrogens is 436 g/mol. The monoisotopic (exact) mass is 472 g/mol. The largest absolute Gasteiger partial charge is 0.352 e. The molecular formula is C29H36N4O2. The van der Waals surface area contributed by atoms with Crippen LogP contribution in [0.25, 0.3) is 11.0 Å². The van der Waals surface area contributed by atoms with Gasteiger partial charge in [-0.2, -0.15) is 0 Å². The zero-order valence-corrected chi connectivity index (χ0v) is 20.7. The fourth-order valence-electron chi connectivity index (χ4n) is 4.91. The van der Waals surface area contributed by atoms with E-state index in [9.17, 15) is 9.59 Å². The summed E-state index contributed by atoms with van der Waals surface area (Å²) < 4.78 is 2.07. The van der Waals surface area contributed by atoms with E-state index in [1.54, 1.807) is 6.92 Å². The van der Waals surface area contributed by atoms with Crippen molar-refractivity contribution in [1.82, 2.24) is 19.8 Å². The molecule has 0 atom stereocenters. The molecule has 2 aromatic carbocycles. The van der Waals surface area contributed by atoms with Crippen LogP contribution in [0.4, 0.5) is 0 Å². The molecule has 35 heavy (non-hydrogen) atoms. The highest BCUT2D eigenvalue weighted by molar-refractivity contribution is 5.92. The molecule has 1 fully saturated rings. The van der Waals surface area contributed by atoms with Gasteiger partial charge in [0, 0.05) is 31.1 Å². The molecule has 1 N–H and O–H groups in total. The van der Waals surface area contributed by atoms with E-state index < -0.39 is 0 Å². The quantitative estimate of drug-likeness (QED) is 0.333. The van der Waals surface area contributed by atoms with Gasteiger partial charge in [-0.15, -0.1) is 0 Å². The molecule has 0 aliphatic heterocycles. The minimum absolute atomic E-state index is 0.127. The smallest absolute Gasteiger partial charge is 0.246 e. The standard InChI is InChI=1S/C29H36N4O2/c1-22(2)29(35)30-19-11-18-27-31-25-16-9-10-17-26(25)33(27)21-28(34)32(24-14-7-4-8-15-24)20-23-12-5-3-6-13-23/h3,5-6,9-10,12-13,16-17,24H,1,4,7-8,11,14-15,18-21H2,2H3,(H,30,35). The minimum atomic E-state index is -0.127. The first-order valence-electron chi connectivity index (χ1n) is 12.7. The second-order valence-corrected chi connectivity index (χ2v) is 9.54. The molecule has 6 nitrogen and oxygen atoms in total. The van der Waals surface area contributed by atoms with Crippen LogP contribution in [-0.2, 0) is 29.1 Å². The Kier molecular flexibility index (Phi) is 8.35. The van der Waals surface area contributed by atoms with E-state index in [-0.39, 0.29) is 24.4 Å². The zero-order valence-electron chi connectivity index (χ0n) is 20.7. The summed E-state index contributed by atoms with van der Waals surface area (Å²) in [6.45, 7) is 6.84. The fraction of sp³-hybridized carbons (Fsp3) is 0.414. The number of fused-ring (bicyclic) bond motifs is 1. The maximum atomic E-state index is 13.8. The number of carbonyl (C=O) groups excluding carboxylic acids is 2. The molecule has 6 heteroatoms. The number of imidazole rings is 1. The molecule has 1 aromatic heterocycles. The summed E-state index contributed by atoms with van der Waals surface area (Å²) in [4.78, 5) is 32.5. The fourth-order valence-corrected chi connectivity index (χ4v) is 4.91. The van der Waals surface area contributed by atoms with E-state index in [0.717, 1.165) is 41.7 Å². The molecule has 3 aromatic rings. The Bertz CT molecular complexity index is 1160. The minimum Gasteiger partial charge on any atom is -0.352 e. The van der Waals surface area contributed by atoms with Gasteiger partial charge in [0.1, 0.15) is 12.4 Å². The summed E-state index contributed by atoms with van der Waals surface area (Å²) in [5.74, 6) is 0.894. The molecule has 0 unspecified atom stereocenters. The Labute approximate surface area is 208 Å². The number of rotatable bonds is 10. The highest BCUT2D eigenvalue weighted by Crippen LogP contribution is 2.25. The summed E-state index contributed by atoms with van der Waals surface area (Å²) in [7, 11) is 0. The number of carbonyl (C=O) groups is 2. The summed E-state index contributed by atoms with van der Waals surface area (Å²) >= 11 is 0. The number of hydrogen-bond donors (Lipinski definition) is 1. The van der Waals surface area contributed by atoms with Crippen LogP contribution < -0.4 is 5.32 Å². The highest BCUT2D eigenvalue weighted by Gasteiger charge is 2.26. The van der Waals surface area contributed by atoms with E-state index in [1.165, 1.54) is 19.3 Å². The molecule has 1 aliphatic carbocycles. The molecule has 1 saturated carbocycles. The third-order valence-electron chi connectivity index (χ3n) is 6.81. The molecule has 0 saturated heterocycles. The molecule has 2 amide bonds. The summed E-state index contributed by atoms with van der Waals surface area (Å²) in [5.41, 5.74) is 3.54. The van der Waals surface area contributed by atoms with Gasteiger partial charge in [0.2, 0.25) is 11.8 Å². The van der Waals surface area contributed by atoms with Crippen molar-refractivity contribution < 1.29 is 9.59 Å². The average molecular weight is 473 g/mol. The zero-order chi connectivity index (χ0) is 24.6. The Balaban J connectivity index is 1.53. The molecule has 4 rings (SSSR count). The van der Waals surface area contributed by atoms with Crippen LogP contribution in [0.3, 0.4) is 0 Å². The third kappa shape index (κ3) is 6.38. The molecule has 184 valence electrons. The summed E-state index contributed by atoms with van der Waals surface area (Å²) in [5, 5.41) is 2.88. The number of nitrogens with zero attached hydrogens (tertiary/aromatic N) is 3. The normalized spacial score (nSPS) is 14.1. The SMILES string of the molecule is C=C(C)C(=O)NCCCc1nc2ccccc2n1CC(=O)N(Cc1ccccc1)C1CCCCC1. The van der Waals surface area contributed by atoms with Crippen molar-refractivity contribution in [3.05, 3.63) is 78.1 Å². The van der Waals surface area contributed by atoms with E-state index in [1.807, 2.05) is 42.5 Å². The topological polar surface area (TPSA) is 67.2 Å². The van der Waals surface area contributed by atoms with Crippen LogP contribution in [0, 0.1) is 0 Å². The number of benzene rings is 2. The summed E-state index contributed by atoms with van der Waals surface area (Å²) in [6.07, 6.45) is 7.17. The van der Waals surface area contributed by atoms with Gasteiger partial charge in [0.05, 0.1) is 11.0 Å². The Morgan fingerprint density at radius 3 is 2.51 bits per heavy atom. The molecule has 1 heterocycles. The van der Waals surface area contributed by atoms with Gasteiger partial charge in [-0.1, -0.05) is 68.3 Å². The number of nitrogens with one attached hydrogen (secondary N) is 1. The van der Waals surface area contributed by atoms with Crippen LogP contribution in [0.2, 0.25) is 0 Å². The first-order chi connectivity index (χ1) is 17.0. The van der Waals surface area contributed by atoms with Crippen molar-refractivity contribution in [3.8, 4) is 0 Å². The maximum absolute atomic E-state index is 13.8. The molecule has 1 aliphatic rings. The third-order valence-corrected chi connectivity index (χ3v) is 6.81. The number of aryl methyl sites for hydroxylation is 1. The van der Waals surface area contributed by atoms with Crippen LogP contribution in [-0.4, -0.2) is 38.9 Å². The van der Waals surface area contributed by atoms with Gasteiger partial charge < -0.3 is 14.8 Å². The van der Waals surface area contributed by atoms with Crippen LogP contribution in [0.1, 0.15) is 56.8 Å². The average Bonchev–Trinajstić information content (AvgIpc) is 3.23. The van der Waals surface area contributed by atoms with Gasteiger partial charge in [0.25, 0.3) is 0 Å². The first-order valence-corrected chi connectivity index (χ1v) is 12.7. The second-order valence-electron chi connectivity index (χ2n) is 9.54. The second kappa shape index (κ2) is 11.8. The predicted molar refractivity (Wildman–Crippen MR) is 140 cm³/mol. The van der Waals surface area contributed by atoms with Crippen molar-refractivity contribution in [2.24, 2.45) is 0 Å². The van der Waals surface area contributed by atoms with Crippen molar-refractivity contribution in [1.29, 1.82) is 0 Å². The predicted octanol–water partition coefficient (Wildman–Crippen LogP) is 5.02. The van der Waals surface area contributed by atoms with Crippen LogP contribution in [0.15, 0.2) is 66.7 Å². The van der Waals surface area contributed by atoms with E-state index >= 15 is 0 Å². The Morgan fingerprint density at radius 2 is 1.77 bits per heavy atom. The van der Waals surface area contributed by atoms with E-state index in [4.69, 9.17) is 4.98 Å². The lowest BCUT2D eigenvalue weighted by Crippen LogP contribution is -2.42. The van der Waals surface area contributed by atoms with Gasteiger partial charge in [-0.3, -0.25) is 9.59 Å². The molecule has 0 bridgehead atoms. The number of hydrogen-bond acceptors (Lipinski definition) is 3. The van der Waals surface area contributed by atoms with Gasteiger partial charge >= 0.3 is 0 Å². The Hall–Kier alpha value is -3.41. The number of aromatic nitrogens is 2. The lowest BCUT2D eigenvalue weighted by atomic mass is 9.93. The maximum Gasteiger partial charge on any atom is 0.246 e. The molecule has 0 radical (unpaired) electrons. The van der Waals surface area contributed by atoms with Gasteiger partial charge in [0.15, 0.2) is 0 Å². The van der Waals surface area contributed by atoms with Crippen molar-refractivity contribution >= 4 is 22.8 Å². The van der Waals surface area contributed by atoms with Gasteiger partial charge in [-0.25, -0.2) is 4.98 Å². The lowest BCUT2D eigenvalue weighted by Gasteiger charge is -2.35. The van der Waals surface area contributed by atoms with Crippen LogP contribution >= 0.6 is 0 Å². The first kappa shape index (κ1) is 24.7. The number of amides is 2. The van der Waals surface area contributed by atoms with Gasteiger partial charge in [-0.05, 0) is 43.9 Å². The number of para-hydroxylation sites is 2. The lowest BCUT2D eigenvalue weighted by molar-refractivity contribution is -0.135.